The van der Waals surface area contributed by atoms with Crippen molar-refractivity contribution in [3.63, 3.8) is 0 Å². The van der Waals surface area contributed by atoms with Crippen molar-refractivity contribution in [1.29, 1.82) is 0 Å². The first kappa shape index (κ1) is 10.2. The fourth-order valence-electron chi connectivity index (χ4n) is 1.53. The van der Waals surface area contributed by atoms with E-state index in [9.17, 15) is 10.1 Å². The van der Waals surface area contributed by atoms with E-state index in [0.717, 1.165) is 5.56 Å². The summed E-state index contributed by atoms with van der Waals surface area (Å²) in [5.41, 5.74) is 6.55. The highest BCUT2D eigenvalue weighted by atomic mass is 16.6. The van der Waals surface area contributed by atoms with Crippen LogP contribution in [0.5, 0.6) is 0 Å². The van der Waals surface area contributed by atoms with Crippen molar-refractivity contribution in [2.24, 2.45) is 0 Å². The number of aromatic nitrogens is 1. The molecule has 0 bridgehead atoms. The Bertz CT molecular complexity index is 548. The van der Waals surface area contributed by atoms with Crippen LogP contribution in [0.1, 0.15) is 5.56 Å². The third kappa shape index (κ3) is 1.60. The van der Waals surface area contributed by atoms with Gasteiger partial charge in [0.05, 0.1) is 4.92 Å². The Balaban J connectivity index is 2.67. The quantitative estimate of drug-likeness (QED) is 0.616. The summed E-state index contributed by atoms with van der Waals surface area (Å²) in [6.07, 6.45) is 0. The molecule has 6 heteroatoms. The molecule has 0 atom stereocenters. The van der Waals surface area contributed by atoms with Gasteiger partial charge in [-0.3, -0.25) is 10.1 Å². The number of nitro groups is 1. The van der Waals surface area contributed by atoms with E-state index in [1.54, 1.807) is 19.1 Å². The summed E-state index contributed by atoms with van der Waals surface area (Å²) in [4.78, 5) is 10.4. The first-order valence-corrected chi connectivity index (χ1v) is 4.56. The molecular formula is C10H9N3O3. The molecule has 1 heterocycles. The monoisotopic (exact) mass is 219 g/mol. The van der Waals surface area contributed by atoms with Gasteiger partial charge in [0, 0.05) is 12.1 Å². The van der Waals surface area contributed by atoms with E-state index in [2.05, 4.69) is 5.16 Å². The van der Waals surface area contributed by atoms with Crippen molar-refractivity contribution in [3.05, 3.63) is 39.9 Å². The van der Waals surface area contributed by atoms with Crippen LogP contribution < -0.4 is 5.73 Å². The first-order chi connectivity index (χ1) is 7.59. The van der Waals surface area contributed by atoms with Crippen LogP contribution in [0.4, 0.5) is 11.5 Å². The average Bonchev–Trinajstić information content (AvgIpc) is 2.64. The Labute approximate surface area is 90.8 Å². The lowest BCUT2D eigenvalue weighted by Crippen LogP contribution is -1.93. The fraction of sp³-hybridized carbons (Fsp3) is 0.100. The number of nitrogens with two attached hydrogens (primary N) is 1. The summed E-state index contributed by atoms with van der Waals surface area (Å²) in [6.45, 7) is 1.76. The molecule has 16 heavy (non-hydrogen) atoms. The van der Waals surface area contributed by atoms with Crippen molar-refractivity contribution in [2.75, 3.05) is 5.73 Å². The van der Waals surface area contributed by atoms with Crippen molar-refractivity contribution < 1.29 is 9.45 Å². The van der Waals surface area contributed by atoms with Crippen LogP contribution >= 0.6 is 0 Å². The number of nitrogens with zero attached hydrogens (tertiary/aromatic N) is 2. The molecule has 82 valence electrons. The van der Waals surface area contributed by atoms with Gasteiger partial charge < -0.3 is 10.3 Å². The summed E-state index contributed by atoms with van der Waals surface area (Å²) >= 11 is 0. The molecule has 1 aromatic carbocycles. The maximum Gasteiger partial charge on any atom is 0.280 e. The van der Waals surface area contributed by atoms with Crippen LogP contribution in [0.25, 0.3) is 11.3 Å². The Morgan fingerprint density at radius 3 is 2.81 bits per heavy atom. The van der Waals surface area contributed by atoms with Crippen molar-refractivity contribution in [2.45, 2.75) is 6.92 Å². The van der Waals surface area contributed by atoms with E-state index in [1.165, 1.54) is 12.1 Å². The molecule has 0 amide bonds. The van der Waals surface area contributed by atoms with Gasteiger partial charge in [0.1, 0.15) is 5.56 Å². The fourth-order valence-corrected chi connectivity index (χ4v) is 1.53. The second-order valence-electron chi connectivity index (χ2n) is 3.34. The van der Waals surface area contributed by atoms with Crippen LogP contribution in [-0.4, -0.2) is 10.1 Å². The summed E-state index contributed by atoms with van der Waals surface area (Å²) in [5, 5.41) is 14.4. The van der Waals surface area contributed by atoms with Gasteiger partial charge >= 0.3 is 0 Å². The molecule has 0 saturated heterocycles. The summed E-state index contributed by atoms with van der Waals surface area (Å²) in [6, 6.07) is 6.27. The maximum absolute atomic E-state index is 10.9. The summed E-state index contributed by atoms with van der Waals surface area (Å²) in [5.74, 6) is 0.509. The second-order valence-corrected chi connectivity index (χ2v) is 3.34. The number of nitro benzene ring substituents is 1. The van der Waals surface area contributed by atoms with Crippen molar-refractivity contribution in [1.82, 2.24) is 5.16 Å². The van der Waals surface area contributed by atoms with Crippen LogP contribution in [0.2, 0.25) is 0 Å². The number of hydrogen-bond acceptors (Lipinski definition) is 5. The lowest BCUT2D eigenvalue weighted by atomic mass is 10.0. The first-order valence-electron chi connectivity index (χ1n) is 4.56. The number of rotatable bonds is 2. The highest BCUT2D eigenvalue weighted by Crippen LogP contribution is 2.33. The lowest BCUT2D eigenvalue weighted by molar-refractivity contribution is -0.384. The van der Waals surface area contributed by atoms with E-state index in [4.69, 9.17) is 10.3 Å². The third-order valence-corrected chi connectivity index (χ3v) is 2.22. The van der Waals surface area contributed by atoms with Gasteiger partial charge in [-0.25, -0.2) is 0 Å². The lowest BCUT2D eigenvalue weighted by Gasteiger charge is -2.01. The zero-order valence-electron chi connectivity index (χ0n) is 8.51. The van der Waals surface area contributed by atoms with E-state index in [-0.39, 0.29) is 11.5 Å². The molecule has 0 saturated carbocycles. The Morgan fingerprint density at radius 1 is 1.50 bits per heavy atom. The van der Waals surface area contributed by atoms with E-state index >= 15 is 0 Å². The zero-order valence-corrected chi connectivity index (χ0v) is 8.51. The summed E-state index contributed by atoms with van der Waals surface area (Å²) in [7, 11) is 0. The molecule has 0 fully saturated rings. The number of nitrogen functional groups attached to an aromatic ring is 1. The molecule has 0 aliphatic carbocycles. The molecule has 0 radical (unpaired) electrons. The molecule has 2 N–H and O–H groups in total. The van der Waals surface area contributed by atoms with Crippen LogP contribution in [0.15, 0.2) is 28.8 Å². The predicted molar refractivity (Wildman–Crippen MR) is 57.7 cm³/mol. The maximum atomic E-state index is 10.9. The SMILES string of the molecule is Cc1cccc([N+](=O)[O-])c1-c1cc(N)no1. The molecule has 6 nitrogen and oxygen atoms in total. The number of aryl methyl sites for hydroxylation is 1. The predicted octanol–water partition coefficient (Wildman–Crippen LogP) is 2.14. The van der Waals surface area contributed by atoms with Gasteiger partial charge in [0.15, 0.2) is 11.6 Å². The molecule has 2 rings (SSSR count). The van der Waals surface area contributed by atoms with Crippen molar-refractivity contribution >= 4 is 11.5 Å². The smallest absolute Gasteiger partial charge is 0.280 e. The van der Waals surface area contributed by atoms with Gasteiger partial charge in [-0.2, -0.15) is 0 Å². The largest absolute Gasteiger partial charge is 0.381 e. The van der Waals surface area contributed by atoms with Gasteiger partial charge in [-0.1, -0.05) is 17.3 Å². The van der Waals surface area contributed by atoms with Gasteiger partial charge in [-0.05, 0) is 12.5 Å². The third-order valence-electron chi connectivity index (χ3n) is 2.22. The highest BCUT2D eigenvalue weighted by Gasteiger charge is 2.20. The summed E-state index contributed by atoms with van der Waals surface area (Å²) < 4.78 is 4.94. The number of anilines is 1. The van der Waals surface area contributed by atoms with Crippen LogP contribution in [0, 0.1) is 17.0 Å². The molecule has 0 spiro atoms. The molecule has 0 unspecified atom stereocenters. The Kier molecular flexibility index (Phi) is 2.32. The normalized spacial score (nSPS) is 10.3. The average molecular weight is 219 g/mol. The number of hydrogen-bond donors (Lipinski definition) is 1. The van der Waals surface area contributed by atoms with E-state index in [0.29, 0.717) is 11.3 Å². The van der Waals surface area contributed by atoms with Crippen LogP contribution in [0.3, 0.4) is 0 Å². The van der Waals surface area contributed by atoms with E-state index in [1.807, 2.05) is 0 Å². The number of benzene rings is 1. The highest BCUT2D eigenvalue weighted by molar-refractivity contribution is 5.73. The zero-order chi connectivity index (χ0) is 11.7. The molecule has 2 aromatic rings. The Morgan fingerprint density at radius 2 is 2.25 bits per heavy atom. The second kappa shape index (κ2) is 3.65. The van der Waals surface area contributed by atoms with Crippen molar-refractivity contribution in [3.8, 4) is 11.3 Å². The minimum atomic E-state index is -0.457. The standard InChI is InChI=1S/C10H9N3O3/c1-6-3-2-4-7(13(14)15)10(6)8-5-9(11)12-16-8/h2-5H,1H3,(H2,11,12). The van der Waals surface area contributed by atoms with Crippen LogP contribution in [-0.2, 0) is 0 Å². The molecule has 0 aliphatic rings. The van der Waals surface area contributed by atoms with Gasteiger partial charge in [0.2, 0.25) is 0 Å². The minimum absolute atomic E-state index is 0.0175. The molecular weight excluding hydrogens is 210 g/mol. The molecule has 1 aromatic heterocycles. The van der Waals surface area contributed by atoms with Gasteiger partial charge in [-0.15, -0.1) is 0 Å². The topological polar surface area (TPSA) is 95.2 Å². The minimum Gasteiger partial charge on any atom is -0.381 e. The Hall–Kier alpha value is -2.37. The molecule has 0 aliphatic heterocycles. The van der Waals surface area contributed by atoms with Gasteiger partial charge in [0.25, 0.3) is 5.69 Å². The van der Waals surface area contributed by atoms with E-state index < -0.39 is 4.92 Å².